The van der Waals surface area contributed by atoms with E-state index in [0.717, 1.165) is 38.0 Å². The van der Waals surface area contributed by atoms with Crippen molar-refractivity contribution < 1.29 is 14.4 Å². The Morgan fingerprint density at radius 1 is 1.29 bits per heavy atom. The Kier molecular flexibility index (Phi) is 6.50. The van der Waals surface area contributed by atoms with Crippen LogP contribution in [0.15, 0.2) is 30.3 Å². The van der Waals surface area contributed by atoms with E-state index in [2.05, 4.69) is 5.48 Å². The summed E-state index contributed by atoms with van der Waals surface area (Å²) in [5.74, 6) is 0.516. The molecule has 1 amide bonds. The minimum Gasteiger partial charge on any atom is -0.445 e. The topological polar surface area (TPSA) is 50.8 Å². The molecule has 0 radical (unpaired) electrons. The van der Waals surface area contributed by atoms with E-state index in [-0.39, 0.29) is 6.09 Å². The van der Waals surface area contributed by atoms with Crippen LogP contribution in [0.1, 0.15) is 25.3 Å². The minimum atomic E-state index is -0.218. The lowest BCUT2D eigenvalue weighted by Gasteiger charge is -2.31. The summed E-state index contributed by atoms with van der Waals surface area (Å²) in [4.78, 5) is 19.1. The monoisotopic (exact) mass is 292 g/mol. The van der Waals surface area contributed by atoms with E-state index in [1.165, 1.54) is 0 Å². The molecule has 1 fully saturated rings. The van der Waals surface area contributed by atoms with E-state index >= 15 is 0 Å². The van der Waals surface area contributed by atoms with Crippen LogP contribution in [0, 0.1) is 5.92 Å². The summed E-state index contributed by atoms with van der Waals surface area (Å²) in [6.07, 6.45) is 1.71. The molecule has 2 rings (SSSR count). The van der Waals surface area contributed by atoms with Crippen molar-refractivity contribution in [3.63, 3.8) is 0 Å². The predicted octanol–water partition coefficient (Wildman–Crippen LogP) is 2.58. The molecule has 0 saturated carbocycles. The van der Waals surface area contributed by atoms with Gasteiger partial charge in [0.1, 0.15) is 6.61 Å². The van der Waals surface area contributed by atoms with Crippen LogP contribution in [0.2, 0.25) is 0 Å². The van der Waals surface area contributed by atoms with Gasteiger partial charge in [-0.2, -0.15) is 0 Å². The van der Waals surface area contributed by atoms with Crippen LogP contribution in [0.4, 0.5) is 4.79 Å². The van der Waals surface area contributed by atoms with Crippen LogP contribution in [0.25, 0.3) is 0 Å². The van der Waals surface area contributed by atoms with Crippen molar-refractivity contribution in [2.45, 2.75) is 26.4 Å². The quantitative estimate of drug-likeness (QED) is 0.647. The van der Waals surface area contributed by atoms with Gasteiger partial charge in [0, 0.05) is 19.6 Å². The number of nitrogens with zero attached hydrogens (tertiary/aromatic N) is 1. The third kappa shape index (κ3) is 5.36. The number of rotatable bonds is 6. The molecule has 116 valence electrons. The highest BCUT2D eigenvalue weighted by Gasteiger charge is 2.23. The normalized spacial score (nSPS) is 16.0. The average molecular weight is 292 g/mol. The van der Waals surface area contributed by atoms with Gasteiger partial charge in [0.25, 0.3) is 0 Å². The first-order valence-corrected chi connectivity index (χ1v) is 7.60. The van der Waals surface area contributed by atoms with E-state index in [0.29, 0.717) is 19.1 Å². The van der Waals surface area contributed by atoms with Gasteiger partial charge in [-0.1, -0.05) is 37.3 Å². The fourth-order valence-corrected chi connectivity index (χ4v) is 2.37. The first-order chi connectivity index (χ1) is 10.3. The van der Waals surface area contributed by atoms with Gasteiger partial charge >= 0.3 is 6.09 Å². The summed E-state index contributed by atoms with van der Waals surface area (Å²) >= 11 is 0. The zero-order valence-electron chi connectivity index (χ0n) is 12.6. The number of piperidine rings is 1. The number of nitrogens with one attached hydrogen (secondary N) is 1. The van der Waals surface area contributed by atoms with Gasteiger partial charge < -0.3 is 14.5 Å². The lowest BCUT2D eigenvalue weighted by molar-refractivity contribution is 0.00308. The Balaban J connectivity index is 1.66. The number of hydrogen-bond donors (Lipinski definition) is 1. The molecule has 1 aromatic rings. The van der Waals surface area contributed by atoms with Gasteiger partial charge in [-0.3, -0.25) is 0 Å². The zero-order valence-corrected chi connectivity index (χ0v) is 12.6. The second-order valence-electron chi connectivity index (χ2n) is 5.28. The second-order valence-corrected chi connectivity index (χ2v) is 5.28. The molecular weight excluding hydrogens is 268 g/mol. The van der Waals surface area contributed by atoms with Crippen molar-refractivity contribution in [2.24, 2.45) is 5.92 Å². The fraction of sp³-hybridized carbons (Fsp3) is 0.562. The number of benzene rings is 1. The Morgan fingerprint density at radius 2 is 2.00 bits per heavy atom. The summed E-state index contributed by atoms with van der Waals surface area (Å²) in [5.41, 5.74) is 3.88. The van der Waals surface area contributed by atoms with Crippen LogP contribution >= 0.6 is 0 Å². The SMILES string of the molecule is CCNOCC1CCN(C(=O)OCc2ccccc2)CC1. The van der Waals surface area contributed by atoms with Crippen molar-refractivity contribution in [1.29, 1.82) is 0 Å². The number of carbonyl (C=O) groups excluding carboxylic acids is 1. The standard InChI is InChI=1S/C16H24N2O3/c1-2-17-21-13-15-8-10-18(11-9-15)16(19)20-12-14-6-4-3-5-7-14/h3-7,15,17H,2,8-13H2,1H3. The van der Waals surface area contributed by atoms with Crippen molar-refractivity contribution in [2.75, 3.05) is 26.2 Å². The summed E-state index contributed by atoms with van der Waals surface area (Å²) in [7, 11) is 0. The van der Waals surface area contributed by atoms with Gasteiger partial charge in [-0.25, -0.2) is 10.3 Å². The second kappa shape index (κ2) is 8.64. The summed E-state index contributed by atoms with van der Waals surface area (Å²) < 4.78 is 5.34. The molecule has 1 saturated heterocycles. The highest BCUT2D eigenvalue weighted by atomic mass is 16.6. The number of hydrogen-bond acceptors (Lipinski definition) is 4. The highest BCUT2D eigenvalue weighted by molar-refractivity contribution is 5.67. The van der Waals surface area contributed by atoms with E-state index in [4.69, 9.17) is 9.57 Å². The maximum absolute atomic E-state index is 12.0. The molecule has 0 bridgehead atoms. The number of carbonyl (C=O) groups is 1. The molecule has 0 atom stereocenters. The Hall–Kier alpha value is -1.59. The molecule has 5 nitrogen and oxygen atoms in total. The van der Waals surface area contributed by atoms with Gasteiger partial charge in [-0.05, 0) is 24.3 Å². The van der Waals surface area contributed by atoms with Crippen LogP contribution in [0.3, 0.4) is 0 Å². The van der Waals surface area contributed by atoms with Crippen LogP contribution in [0.5, 0.6) is 0 Å². The Labute approximate surface area is 126 Å². The molecule has 0 aliphatic carbocycles. The predicted molar refractivity (Wildman–Crippen MR) is 80.6 cm³/mol. The molecule has 1 aliphatic heterocycles. The number of ether oxygens (including phenoxy) is 1. The Bertz CT molecular complexity index is 417. The molecule has 21 heavy (non-hydrogen) atoms. The molecule has 1 N–H and O–H groups in total. The van der Waals surface area contributed by atoms with Crippen molar-refractivity contribution in [1.82, 2.24) is 10.4 Å². The molecule has 5 heteroatoms. The molecule has 0 spiro atoms. The van der Waals surface area contributed by atoms with E-state index < -0.39 is 0 Å². The molecule has 1 aromatic carbocycles. The lowest BCUT2D eigenvalue weighted by Crippen LogP contribution is -2.40. The Morgan fingerprint density at radius 3 is 2.67 bits per heavy atom. The minimum absolute atomic E-state index is 0.218. The van der Waals surface area contributed by atoms with E-state index in [1.807, 2.05) is 37.3 Å². The number of hydroxylamine groups is 1. The van der Waals surface area contributed by atoms with Crippen LogP contribution in [-0.4, -0.2) is 37.2 Å². The van der Waals surface area contributed by atoms with Gasteiger partial charge in [0.05, 0.1) is 6.61 Å². The lowest BCUT2D eigenvalue weighted by atomic mass is 9.98. The van der Waals surface area contributed by atoms with E-state index in [9.17, 15) is 4.79 Å². The largest absolute Gasteiger partial charge is 0.445 e. The van der Waals surface area contributed by atoms with E-state index in [1.54, 1.807) is 4.90 Å². The molecule has 1 heterocycles. The zero-order chi connectivity index (χ0) is 14.9. The summed E-state index contributed by atoms with van der Waals surface area (Å²) in [6.45, 7) is 5.35. The smallest absolute Gasteiger partial charge is 0.410 e. The molecule has 0 aromatic heterocycles. The summed E-state index contributed by atoms with van der Waals surface area (Å²) in [6, 6.07) is 9.75. The number of likely N-dealkylation sites (tertiary alicyclic amines) is 1. The molecule has 0 unspecified atom stereocenters. The first kappa shape index (κ1) is 15.8. The average Bonchev–Trinajstić information content (AvgIpc) is 2.54. The van der Waals surface area contributed by atoms with Crippen molar-refractivity contribution in [3.8, 4) is 0 Å². The number of amides is 1. The fourth-order valence-electron chi connectivity index (χ4n) is 2.37. The van der Waals surface area contributed by atoms with Crippen LogP contribution in [-0.2, 0) is 16.2 Å². The summed E-state index contributed by atoms with van der Waals surface area (Å²) in [5, 5.41) is 0. The van der Waals surface area contributed by atoms with Gasteiger partial charge in [-0.15, -0.1) is 0 Å². The van der Waals surface area contributed by atoms with Crippen molar-refractivity contribution in [3.05, 3.63) is 35.9 Å². The van der Waals surface area contributed by atoms with Crippen molar-refractivity contribution >= 4 is 6.09 Å². The maximum atomic E-state index is 12.0. The molecule has 1 aliphatic rings. The van der Waals surface area contributed by atoms with Gasteiger partial charge in [0.15, 0.2) is 0 Å². The molecular formula is C16H24N2O3. The van der Waals surface area contributed by atoms with Crippen LogP contribution < -0.4 is 5.48 Å². The highest BCUT2D eigenvalue weighted by Crippen LogP contribution is 2.18. The third-order valence-corrected chi connectivity index (χ3v) is 3.64. The third-order valence-electron chi connectivity index (χ3n) is 3.64. The maximum Gasteiger partial charge on any atom is 0.410 e. The van der Waals surface area contributed by atoms with Gasteiger partial charge in [0.2, 0.25) is 0 Å². The first-order valence-electron chi connectivity index (χ1n) is 7.60.